The molecule has 3 rings (SSSR count). The van der Waals surface area contributed by atoms with Crippen LogP contribution in [0.4, 0.5) is 13.6 Å². The number of hydrogen-bond acceptors (Lipinski definition) is 4. The maximum absolute atomic E-state index is 13.4. The van der Waals surface area contributed by atoms with E-state index in [-0.39, 0.29) is 11.7 Å². The maximum Gasteiger partial charge on any atom is 0.324 e. The van der Waals surface area contributed by atoms with Crippen molar-refractivity contribution in [2.24, 2.45) is 0 Å². The number of halogens is 2. The monoisotopic (exact) mass is 340 g/mol. The smallest absolute Gasteiger partial charge is 0.324 e. The molecule has 1 saturated heterocycles. The first-order valence-electron chi connectivity index (χ1n) is 7.00. The largest absolute Gasteiger partial charge is 0.336 e. The summed E-state index contributed by atoms with van der Waals surface area (Å²) in [5.74, 6) is -0.419. The van der Waals surface area contributed by atoms with Crippen molar-refractivity contribution in [2.45, 2.75) is 23.9 Å². The summed E-state index contributed by atoms with van der Waals surface area (Å²) in [4.78, 5) is 29.1. The highest BCUT2D eigenvalue weighted by molar-refractivity contribution is 8.00. The second-order valence-corrected chi connectivity index (χ2v) is 6.32. The summed E-state index contributed by atoms with van der Waals surface area (Å²) in [6.07, 6.45) is 0. The van der Waals surface area contributed by atoms with Crippen LogP contribution in [0.1, 0.15) is 13.5 Å². The van der Waals surface area contributed by atoms with Crippen molar-refractivity contribution in [3.05, 3.63) is 24.3 Å². The highest BCUT2D eigenvalue weighted by Gasteiger charge is 2.31. The van der Waals surface area contributed by atoms with E-state index in [0.717, 1.165) is 21.2 Å². The van der Waals surface area contributed by atoms with E-state index in [1.165, 1.54) is 0 Å². The van der Waals surface area contributed by atoms with E-state index in [2.05, 4.69) is 10.3 Å². The third kappa shape index (κ3) is 2.88. The molecule has 6 nitrogen and oxygen atoms in total. The van der Waals surface area contributed by atoms with Crippen LogP contribution in [0.3, 0.4) is 0 Å². The first-order chi connectivity index (χ1) is 11.0. The molecular formula is C14H14F2N4O2S. The Kier molecular flexibility index (Phi) is 4.20. The average Bonchev–Trinajstić information content (AvgIpc) is 3.09. The van der Waals surface area contributed by atoms with Crippen molar-refractivity contribution in [1.82, 2.24) is 19.8 Å². The summed E-state index contributed by atoms with van der Waals surface area (Å²) < 4.78 is 27.5. The summed E-state index contributed by atoms with van der Waals surface area (Å²) in [5, 5.41) is 1.89. The minimum atomic E-state index is -2.76. The Labute approximate surface area is 134 Å². The lowest BCUT2D eigenvalue weighted by Gasteiger charge is -2.17. The van der Waals surface area contributed by atoms with Crippen molar-refractivity contribution in [3.63, 3.8) is 0 Å². The van der Waals surface area contributed by atoms with Gasteiger partial charge in [0.25, 0.3) is 0 Å². The zero-order chi connectivity index (χ0) is 16.6. The lowest BCUT2D eigenvalue weighted by Crippen LogP contribution is -2.39. The number of urea groups is 1. The normalized spacial score (nSPS) is 16.2. The quantitative estimate of drug-likeness (QED) is 0.868. The van der Waals surface area contributed by atoms with Gasteiger partial charge in [-0.25, -0.2) is 9.78 Å². The van der Waals surface area contributed by atoms with Gasteiger partial charge in [0.15, 0.2) is 5.16 Å². The molecule has 9 heteroatoms. The summed E-state index contributed by atoms with van der Waals surface area (Å²) in [6.45, 7) is -0.499. The van der Waals surface area contributed by atoms with E-state index in [0.29, 0.717) is 17.6 Å². The van der Waals surface area contributed by atoms with Crippen molar-refractivity contribution >= 4 is 34.7 Å². The van der Waals surface area contributed by atoms with Crippen LogP contribution in [0, 0.1) is 0 Å². The Morgan fingerprint density at radius 3 is 2.78 bits per heavy atom. The third-order valence-electron chi connectivity index (χ3n) is 3.51. The van der Waals surface area contributed by atoms with Crippen LogP contribution in [0.2, 0.25) is 0 Å². The van der Waals surface area contributed by atoms with E-state index >= 15 is 0 Å². The molecule has 0 aliphatic carbocycles. The molecule has 1 aromatic heterocycles. The molecule has 1 atom stereocenters. The topological polar surface area (TPSA) is 67.2 Å². The van der Waals surface area contributed by atoms with Crippen LogP contribution in [-0.4, -0.2) is 44.7 Å². The molecule has 1 N–H and O–H groups in total. The van der Waals surface area contributed by atoms with E-state index in [4.69, 9.17) is 0 Å². The summed E-state index contributed by atoms with van der Waals surface area (Å²) in [7, 11) is 0. The number of carbonyl (C=O) groups excluding carboxylic acids is 2. The van der Waals surface area contributed by atoms with Gasteiger partial charge in [-0.05, 0) is 19.1 Å². The van der Waals surface area contributed by atoms with Gasteiger partial charge in [-0.15, -0.1) is 0 Å². The van der Waals surface area contributed by atoms with Crippen LogP contribution in [0.15, 0.2) is 29.4 Å². The molecule has 0 spiro atoms. The van der Waals surface area contributed by atoms with Crippen LogP contribution in [0.5, 0.6) is 0 Å². The molecule has 1 unspecified atom stereocenters. The standard InChI is InChI=1S/C14H14F2N4O2S/c1-8(11(21)19-7-6-17-13(19)22)23-14-18-9-4-2-3-5-10(9)20(14)12(15)16/h2-5,8,12H,6-7H2,1H3,(H,17,22). The SMILES string of the molecule is CC(Sc1nc2ccccc2n1C(F)F)C(=O)N1CCNC1=O. The number of imide groups is 1. The van der Waals surface area contributed by atoms with Crippen LogP contribution >= 0.6 is 11.8 Å². The number of thioether (sulfide) groups is 1. The number of rotatable bonds is 4. The fraction of sp³-hybridized carbons (Fsp3) is 0.357. The Balaban J connectivity index is 1.87. The highest BCUT2D eigenvalue weighted by Crippen LogP contribution is 2.32. The van der Waals surface area contributed by atoms with E-state index < -0.39 is 23.7 Å². The number of carbonyl (C=O) groups is 2. The van der Waals surface area contributed by atoms with Gasteiger partial charge in [0.2, 0.25) is 5.91 Å². The number of alkyl halides is 2. The Bertz CT molecular complexity index is 764. The molecule has 1 aromatic carbocycles. The highest BCUT2D eigenvalue weighted by atomic mass is 32.2. The van der Waals surface area contributed by atoms with E-state index in [1.54, 1.807) is 31.2 Å². The second-order valence-electron chi connectivity index (χ2n) is 5.01. The number of amides is 3. The van der Waals surface area contributed by atoms with Crippen LogP contribution < -0.4 is 5.32 Å². The zero-order valence-electron chi connectivity index (χ0n) is 12.2. The second kappa shape index (κ2) is 6.15. The van der Waals surface area contributed by atoms with Gasteiger partial charge in [0.1, 0.15) is 0 Å². The molecule has 122 valence electrons. The fourth-order valence-electron chi connectivity index (χ4n) is 2.40. The van der Waals surface area contributed by atoms with Gasteiger partial charge < -0.3 is 5.32 Å². The maximum atomic E-state index is 13.4. The van der Waals surface area contributed by atoms with Crippen molar-refractivity contribution in [3.8, 4) is 0 Å². The lowest BCUT2D eigenvalue weighted by molar-refractivity contribution is -0.126. The number of nitrogens with one attached hydrogen (secondary N) is 1. The van der Waals surface area contributed by atoms with Crippen molar-refractivity contribution < 1.29 is 18.4 Å². The number of hydrogen-bond donors (Lipinski definition) is 1. The Morgan fingerprint density at radius 1 is 1.39 bits per heavy atom. The summed E-state index contributed by atoms with van der Waals surface area (Å²) in [5.41, 5.74) is 0.748. The number of imidazole rings is 1. The predicted octanol–water partition coefficient (Wildman–Crippen LogP) is 2.46. The average molecular weight is 340 g/mol. The molecule has 0 bridgehead atoms. The fourth-order valence-corrected chi connectivity index (χ4v) is 3.39. The number of fused-ring (bicyclic) bond motifs is 1. The molecule has 2 heterocycles. The molecule has 0 saturated carbocycles. The van der Waals surface area contributed by atoms with Gasteiger partial charge in [0, 0.05) is 13.1 Å². The number of nitrogens with zero attached hydrogens (tertiary/aromatic N) is 3. The summed E-state index contributed by atoms with van der Waals surface area (Å²) in [6, 6.07) is 6.10. The minimum absolute atomic E-state index is 0.0571. The third-order valence-corrected chi connectivity index (χ3v) is 4.57. The first-order valence-corrected chi connectivity index (χ1v) is 7.88. The molecule has 3 amide bonds. The van der Waals surface area contributed by atoms with E-state index in [1.807, 2.05) is 0 Å². The van der Waals surface area contributed by atoms with Crippen molar-refractivity contribution in [1.29, 1.82) is 0 Å². The molecule has 1 fully saturated rings. The van der Waals surface area contributed by atoms with Crippen LogP contribution in [-0.2, 0) is 4.79 Å². The minimum Gasteiger partial charge on any atom is -0.336 e. The lowest BCUT2D eigenvalue weighted by atomic mass is 10.3. The first kappa shape index (κ1) is 15.7. The summed E-state index contributed by atoms with van der Waals surface area (Å²) >= 11 is 0.922. The van der Waals surface area contributed by atoms with Gasteiger partial charge in [-0.2, -0.15) is 8.78 Å². The number of para-hydroxylation sites is 2. The molecule has 23 heavy (non-hydrogen) atoms. The molecule has 2 aromatic rings. The Morgan fingerprint density at radius 2 is 2.13 bits per heavy atom. The van der Waals surface area contributed by atoms with Gasteiger partial charge in [-0.3, -0.25) is 14.3 Å². The number of aromatic nitrogens is 2. The molecule has 0 radical (unpaired) electrons. The van der Waals surface area contributed by atoms with Gasteiger partial charge in [0.05, 0.1) is 16.3 Å². The predicted molar refractivity (Wildman–Crippen MR) is 81.4 cm³/mol. The molecular weight excluding hydrogens is 326 g/mol. The Hall–Kier alpha value is -2.16. The zero-order valence-corrected chi connectivity index (χ0v) is 13.0. The van der Waals surface area contributed by atoms with Crippen molar-refractivity contribution in [2.75, 3.05) is 13.1 Å². The van der Waals surface area contributed by atoms with Gasteiger partial charge >= 0.3 is 12.6 Å². The molecule has 1 aliphatic heterocycles. The molecule has 1 aliphatic rings. The van der Waals surface area contributed by atoms with E-state index in [9.17, 15) is 18.4 Å². The van der Waals surface area contributed by atoms with Gasteiger partial charge in [-0.1, -0.05) is 23.9 Å². The van der Waals surface area contributed by atoms with Crippen LogP contribution in [0.25, 0.3) is 11.0 Å². The number of benzene rings is 1.